The molecular formula is C19H30N2OS. The normalized spacial score (nSPS) is 31.1. The van der Waals surface area contributed by atoms with Gasteiger partial charge in [0.15, 0.2) is 0 Å². The monoisotopic (exact) mass is 334 g/mol. The molecule has 2 saturated heterocycles. The zero-order chi connectivity index (χ0) is 16.7. The SMILES string of the molecule is CN1CC2CCC1(C(N[S+]([O-])C(C)(C)C)c1ccccc1)CC2. The van der Waals surface area contributed by atoms with Crippen molar-refractivity contribution in [3.8, 4) is 0 Å². The van der Waals surface area contributed by atoms with Crippen LogP contribution < -0.4 is 4.72 Å². The van der Waals surface area contributed by atoms with Crippen LogP contribution in [-0.2, 0) is 11.4 Å². The van der Waals surface area contributed by atoms with Crippen LogP contribution in [0.5, 0.6) is 0 Å². The lowest BCUT2D eigenvalue weighted by Gasteiger charge is -2.56. The summed E-state index contributed by atoms with van der Waals surface area (Å²) in [5, 5.41) is 0. The van der Waals surface area contributed by atoms with E-state index in [1.165, 1.54) is 37.8 Å². The summed E-state index contributed by atoms with van der Waals surface area (Å²) in [6.07, 6.45) is 5.00. The maximum atomic E-state index is 12.9. The quantitative estimate of drug-likeness (QED) is 0.854. The van der Waals surface area contributed by atoms with Crippen LogP contribution in [0.25, 0.3) is 0 Å². The lowest BCUT2D eigenvalue weighted by Crippen LogP contribution is -2.63. The summed E-state index contributed by atoms with van der Waals surface area (Å²) in [6, 6.07) is 10.7. The molecule has 1 aromatic rings. The lowest BCUT2D eigenvalue weighted by molar-refractivity contribution is -0.0372. The van der Waals surface area contributed by atoms with Crippen molar-refractivity contribution in [2.24, 2.45) is 5.92 Å². The first-order chi connectivity index (χ1) is 10.8. The summed E-state index contributed by atoms with van der Waals surface area (Å²) >= 11 is -1.07. The Morgan fingerprint density at radius 3 is 2.35 bits per heavy atom. The smallest absolute Gasteiger partial charge is 0.136 e. The summed E-state index contributed by atoms with van der Waals surface area (Å²) in [5.74, 6) is 0.853. The van der Waals surface area contributed by atoms with Crippen molar-refractivity contribution < 1.29 is 4.55 Å². The fourth-order valence-electron chi connectivity index (χ4n) is 4.24. The van der Waals surface area contributed by atoms with E-state index in [9.17, 15) is 4.55 Å². The van der Waals surface area contributed by atoms with Gasteiger partial charge in [0.05, 0.1) is 6.04 Å². The molecule has 2 heterocycles. The zero-order valence-electron chi connectivity index (χ0n) is 14.8. The molecule has 0 aromatic heterocycles. The van der Waals surface area contributed by atoms with Crippen LogP contribution in [0.2, 0.25) is 0 Å². The summed E-state index contributed by atoms with van der Waals surface area (Å²) in [4.78, 5) is 2.54. The zero-order valence-corrected chi connectivity index (χ0v) is 15.7. The standard InChI is InChI=1S/C19H30N2OS/c1-18(2,3)23(22)20-17(16-8-6-5-7-9-16)19-12-10-15(11-13-19)14-21(19)4/h5-9,15,17,20H,10-14H2,1-4H3. The molecule has 1 saturated carbocycles. The van der Waals surface area contributed by atoms with Gasteiger partial charge in [-0.05, 0) is 65.0 Å². The van der Waals surface area contributed by atoms with Gasteiger partial charge in [-0.2, -0.15) is 0 Å². The Labute approximate surface area is 144 Å². The van der Waals surface area contributed by atoms with E-state index in [1.807, 2.05) is 20.8 Å². The molecule has 3 nitrogen and oxygen atoms in total. The van der Waals surface area contributed by atoms with E-state index in [0.717, 1.165) is 5.92 Å². The molecule has 0 radical (unpaired) electrons. The Balaban J connectivity index is 1.95. The summed E-state index contributed by atoms with van der Waals surface area (Å²) in [5.41, 5.74) is 1.36. The van der Waals surface area contributed by atoms with Gasteiger partial charge in [-0.15, -0.1) is 4.72 Å². The molecule has 3 aliphatic rings. The van der Waals surface area contributed by atoms with Crippen molar-refractivity contribution >= 4 is 11.4 Å². The van der Waals surface area contributed by atoms with Gasteiger partial charge in [-0.1, -0.05) is 30.3 Å². The molecule has 2 bridgehead atoms. The van der Waals surface area contributed by atoms with Gasteiger partial charge < -0.3 is 4.55 Å². The molecular weight excluding hydrogens is 304 g/mol. The third-order valence-corrected chi connectivity index (χ3v) is 7.28. The summed E-state index contributed by atoms with van der Waals surface area (Å²) in [7, 11) is 2.25. The number of fused-ring (bicyclic) bond motifs is 3. The molecule has 4 rings (SSSR count). The maximum Gasteiger partial charge on any atom is 0.136 e. The summed E-state index contributed by atoms with van der Waals surface area (Å²) in [6.45, 7) is 7.29. The second-order valence-electron chi connectivity index (χ2n) is 8.27. The first kappa shape index (κ1) is 17.3. The first-order valence-electron chi connectivity index (χ1n) is 8.77. The Morgan fingerprint density at radius 2 is 1.83 bits per heavy atom. The number of nitrogens with one attached hydrogen (secondary N) is 1. The highest BCUT2D eigenvalue weighted by Gasteiger charge is 2.51. The van der Waals surface area contributed by atoms with E-state index in [4.69, 9.17) is 0 Å². The molecule has 0 spiro atoms. The van der Waals surface area contributed by atoms with Gasteiger partial charge in [0.2, 0.25) is 0 Å². The molecule has 1 aliphatic carbocycles. The molecule has 1 aromatic carbocycles. The first-order valence-corrected chi connectivity index (χ1v) is 9.92. The van der Waals surface area contributed by atoms with E-state index in [1.54, 1.807) is 0 Å². The largest absolute Gasteiger partial charge is 0.598 e. The highest BCUT2D eigenvalue weighted by Crippen LogP contribution is 2.49. The Kier molecular flexibility index (Phi) is 4.81. The van der Waals surface area contributed by atoms with Gasteiger partial charge in [0.1, 0.15) is 4.75 Å². The fraction of sp³-hybridized carbons (Fsp3) is 0.684. The van der Waals surface area contributed by atoms with Crippen LogP contribution in [0, 0.1) is 5.92 Å². The van der Waals surface area contributed by atoms with Crippen LogP contribution in [0.3, 0.4) is 0 Å². The lowest BCUT2D eigenvalue weighted by atomic mass is 9.66. The minimum absolute atomic E-state index is 0.0943. The molecule has 2 aliphatic heterocycles. The minimum Gasteiger partial charge on any atom is -0.598 e. The molecule has 1 N–H and O–H groups in total. The number of nitrogens with zero attached hydrogens (tertiary/aromatic N) is 1. The third-order valence-electron chi connectivity index (χ3n) is 5.71. The van der Waals surface area contributed by atoms with E-state index in [-0.39, 0.29) is 16.3 Å². The van der Waals surface area contributed by atoms with Crippen molar-refractivity contribution in [3.05, 3.63) is 35.9 Å². The fourth-order valence-corrected chi connectivity index (χ4v) is 5.16. The number of hydrogen-bond donors (Lipinski definition) is 1. The highest BCUT2D eigenvalue weighted by atomic mass is 32.2. The van der Waals surface area contributed by atoms with Crippen molar-refractivity contribution in [3.63, 3.8) is 0 Å². The van der Waals surface area contributed by atoms with Crippen molar-refractivity contribution in [1.29, 1.82) is 0 Å². The topological polar surface area (TPSA) is 38.3 Å². The van der Waals surface area contributed by atoms with Crippen molar-refractivity contribution in [2.45, 2.75) is 62.8 Å². The van der Waals surface area contributed by atoms with E-state index in [2.05, 4.69) is 47.0 Å². The van der Waals surface area contributed by atoms with Gasteiger partial charge in [0, 0.05) is 23.4 Å². The van der Waals surface area contributed by atoms with Crippen LogP contribution in [0.1, 0.15) is 58.1 Å². The molecule has 128 valence electrons. The second-order valence-corrected chi connectivity index (χ2v) is 10.3. The average Bonchev–Trinajstić information content (AvgIpc) is 2.53. The maximum absolute atomic E-state index is 12.9. The molecule has 23 heavy (non-hydrogen) atoms. The van der Waals surface area contributed by atoms with Gasteiger partial charge >= 0.3 is 0 Å². The van der Waals surface area contributed by atoms with Crippen LogP contribution >= 0.6 is 0 Å². The van der Waals surface area contributed by atoms with Crippen molar-refractivity contribution in [1.82, 2.24) is 9.62 Å². The van der Waals surface area contributed by atoms with Gasteiger partial charge in [0.25, 0.3) is 0 Å². The Hall–Kier alpha value is -0.550. The number of benzene rings is 1. The Morgan fingerprint density at radius 1 is 1.22 bits per heavy atom. The molecule has 3 fully saturated rings. The summed E-state index contributed by atoms with van der Waals surface area (Å²) < 4.78 is 16.1. The van der Waals surface area contributed by atoms with Gasteiger partial charge in [-0.25, -0.2) is 0 Å². The van der Waals surface area contributed by atoms with Crippen LogP contribution in [0.15, 0.2) is 30.3 Å². The minimum atomic E-state index is -1.07. The van der Waals surface area contributed by atoms with Crippen LogP contribution in [0.4, 0.5) is 0 Å². The predicted octanol–water partition coefficient (Wildman–Crippen LogP) is 3.65. The number of likely N-dealkylation sites (N-methyl/N-ethyl adjacent to an activating group) is 1. The average molecular weight is 335 g/mol. The molecule has 0 amide bonds. The highest BCUT2D eigenvalue weighted by molar-refractivity contribution is 7.90. The predicted molar refractivity (Wildman–Crippen MR) is 97.5 cm³/mol. The van der Waals surface area contributed by atoms with Crippen molar-refractivity contribution in [2.75, 3.05) is 13.6 Å². The van der Waals surface area contributed by atoms with Gasteiger partial charge in [-0.3, -0.25) is 4.90 Å². The van der Waals surface area contributed by atoms with E-state index >= 15 is 0 Å². The van der Waals surface area contributed by atoms with E-state index in [0.29, 0.717) is 0 Å². The van der Waals surface area contributed by atoms with E-state index < -0.39 is 11.4 Å². The van der Waals surface area contributed by atoms with Crippen LogP contribution in [-0.4, -0.2) is 33.3 Å². The number of rotatable bonds is 4. The molecule has 4 heteroatoms. The number of piperidine rings is 2. The number of hydrogen-bond acceptors (Lipinski definition) is 3. The molecule has 2 unspecified atom stereocenters. The molecule has 2 atom stereocenters. The third kappa shape index (κ3) is 3.32. The second kappa shape index (κ2) is 6.40. The Bertz CT molecular complexity index is 520.